The normalized spacial score (nSPS) is 17.4. The molecule has 96 valence electrons. The first kappa shape index (κ1) is 12.2. The first-order chi connectivity index (χ1) is 9.33. The number of rotatable bonds is 3. The lowest BCUT2D eigenvalue weighted by Crippen LogP contribution is -1.90. The van der Waals surface area contributed by atoms with Crippen LogP contribution in [-0.2, 0) is 6.42 Å². The smallest absolute Gasteiger partial charge is 0.00577 e. The topological polar surface area (TPSA) is 0 Å². The van der Waals surface area contributed by atoms with Crippen LogP contribution in [0.2, 0.25) is 0 Å². The van der Waals surface area contributed by atoms with Crippen LogP contribution in [0.25, 0.3) is 6.08 Å². The molecule has 2 aliphatic rings. The Labute approximate surface area is 115 Å². The van der Waals surface area contributed by atoms with Gasteiger partial charge in [-0.1, -0.05) is 60.2 Å². The lowest BCUT2D eigenvalue weighted by Gasteiger charge is -2.08. The summed E-state index contributed by atoms with van der Waals surface area (Å²) in [5, 5.41) is 0. The largest absolute Gasteiger partial charge is 0.0807 e. The van der Waals surface area contributed by atoms with Gasteiger partial charge in [-0.25, -0.2) is 0 Å². The van der Waals surface area contributed by atoms with Crippen molar-refractivity contribution in [1.82, 2.24) is 0 Å². The molecule has 0 fully saturated rings. The monoisotopic (exact) mass is 248 g/mol. The van der Waals surface area contributed by atoms with E-state index in [-0.39, 0.29) is 0 Å². The standard InChI is InChI=1S/C19H20/c1-15-7-3-2-4-8-17(15)12-11-16-13-18-9-5-6-10-19(18)14-16/h2-3,5-10,13H,4,11-12,14H2,1H3. The van der Waals surface area contributed by atoms with Crippen molar-refractivity contribution in [3.63, 3.8) is 0 Å². The van der Waals surface area contributed by atoms with Crippen molar-refractivity contribution in [2.24, 2.45) is 0 Å². The molecule has 0 nitrogen and oxygen atoms in total. The van der Waals surface area contributed by atoms with E-state index in [1.807, 2.05) is 0 Å². The van der Waals surface area contributed by atoms with Crippen LogP contribution in [0.5, 0.6) is 0 Å². The van der Waals surface area contributed by atoms with Gasteiger partial charge in [0.05, 0.1) is 0 Å². The molecular weight excluding hydrogens is 228 g/mol. The summed E-state index contributed by atoms with van der Waals surface area (Å²) < 4.78 is 0. The summed E-state index contributed by atoms with van der Waals surface area (Å²) in [4.78, 5) is 0. The molecule has 1 aromatic rings. The fourth-order valence-electron chi connectivity index (χ4n) is 2.88. The van der Waals surface area contributed by atoms with Gasteiger partial charge >= 0.3 is 0 Å². The molecule has 0 aliphatic heterocycles. The minimum Gasteiger partial charge on any atom is -0.0807 e. The fourth-order valence-corrected chi connectivity index (χ4v) is 2.88. The summed E-state index contributed by atoms with van der Waals surface area (Å²) in [5.74, 6) is 0. The third-order valence-corrected chi connectivity index (χ3v) is 4.04. The first-order valence-corrected chi connectivity index (χ1v) is 7.13. The van der Waals surface area contributed by atoms with Gasteiger partial charge in [0.25, 0.3) is 0 Å². The highest BCUT2D eigenvalue weighted by Crippen LogP contribution is 2.29. The molecule has 0 aromatic heterocycles. The van der Waals surface area contributed by atoms with Gasteiger partial charge in [-0.3, -0.25) is 0 Å². The highest BCUT2D eigenvalue weighted by atomic mass is 14.2. The molecule has 3 rings (SSSR count). The zero-order valence-electron chi connectivity index (χ0n) is 11.5. The van der Waals surface area contributed by atoms with Crippen LogP contribution >= 0.6 is 0 Å². The van der Waals surface area contributed by atoms with Crippen molar-refractivity contribution in [2.45, 2.75) is 32.6 Å². The molecular formula is C19H20. The van der Waals surface area contributed by atoms with Crippen molar-refractivity contribution in [1.29, 1.82) is 0 Å². The van der Waals surface area contributed by atoms with Crippen LogP contribution in [0.15, 0.2) is 65.3 Å². The van der Waals surface area contributed by atoms with E-state index in [9.17, 15) is 0 Å². The van der Waals surface area contributed by atoms with Gasteiger partial charge in [0.15, 0.2) is 0 Å². The van der Waals surface area contributed by atoms with Crippen molar-refractivity contribution >= 4 is 6.08 Å². The van der Waals surface area contributed by atoms with Crippen LogP contribution in [0.1, 0.15) is 37.3 Å². The van der Waals surface area contributed by atoms with E-state index >= 15 is 0 Å². The molecule has 19 heavy (non-hydrogen) atoms. The second kappa shape index (κ2) is 5.44. The van der Waals surface area contributed by atoms with Gasteiger partial charge in [-0.2, -0.15) is 0 Å². The van der Waals surface area contributed by atoms with Gasteiger partial charge in [0.1, 0.15) is 0 Å². The van der Waals surface area contributed by atoms with Gasteiger partial charge < -0.3 is 0 Å². The maximum Gasteiger partial charge on any atom is -0.00577 e. The fraction of sp³-hybridized carbons (Fsp3) is 0.263. The predicted octanol–water partition coefficient (Wildman–Crippen LogP) is 5.24. The highest BCUT2D eigenvalue weighted by molar-refractivity contribution is 5.63. The molecule has 0 saturated carbocycles. The minimum absolute atomic E-state index is 1.07. The Morgan fingerprint density at radius 3 is 2.89 bits per heavy atom. The van der Waals surface area contributed by atoms with Crippen molar-refractivity contribution < 1.29 is 0 Å². The zero-order chi connectivity index (χ0) is 13.1. The van der Waals surface area contributed by atoms with E-state index in [0.29, 0.717) is 0 Å². The SMILES string of the molecule is CC1=CC=CCC=C1CCC1=Cc2ccccc2C1. The van der Waals surface area contributed by atoms with E-state index in [4.69, 9.17) is 0 Å². The Kier molecular flexibility index (Phi) is 3.50. The molecule has 0 N–H and O–H groups in total. The molecule has 1 aromatic carbocycles. The van der Waals surface area contributed by atoms with Crippen LogP contribution in [0.4, 0.5) is 0 Å². The molecule has 0 amide bonds. The lowest BCUT2D eigenvalue weighted by molar-refractivity contribution is 0.905. The lowest BCUT2D eigenvalue weighted by atomic mass is 9.98. The number of hydrogen-bond acceptors (Lipinski definition) is 0. The van der Waals surface area contributed by atoms with E-state index in [0.717, 1.165) is 12.8 Å². The van der Waals surface area contributed by atoms with E-state index in [1.54, 1.807) is 5.57 Å². The predicted molar refractivity (Wildman–Crippen MR) is 83.0 cm³/mol. The van der Waals surface area contributed by atoms with E-state index < -0.39 is 0 Å². The highest BCUT2D eigenvalue weighted by Gasteiger charge is 2.12. The maximum atomic E-state index is 2.38. The van der Waals surface area contributed by atoms with Gasteiger partial charge in [-0.05, 0) is 54.9 Å². The summed E-state index contributed by atoms with van der Waals surface area (Å²) >= 11 is 0. The molecule has 2 aliphatic carbocycles. The Balaban J connectivity index is 1.65. The van der Waals surface area contributed by atoms with Crippen LogP contribution in [0, 0.1) is 0 Å². The average molecular weight is 248 g/mol. The molecule has 0 unspecified atom stereocenters. The second-order valence-electron chi connectivity index (χ2n) is 5.42. The molecule has 0 spiro atoms. The molecule has 0 saturated heterocycles. The number of hydrogen-bond donors (Lipinski definition) is 0. The summed E-state index contributed by atoms with van der Waals surface area (Å²) in [6.07, 6.45) is 16.0. The van der Waals surface area contributed by atoms with Gasteiger partial charge in [0, 0.05) is 0 Å². The minimum atomic E-state index is 1.07. The Bertz CT molecular complexity index is 594. The van der Waals surface area contributed by atoms with Crippen LogP contribution in [-0.4, -0.2) is 0 Å². The Morgan fingerprint density at radius 1 is 1.11 bits per heavy atom. The summed E-state index contributed by atoms with van der Waals surface area (Å²) in [6, 6.07) is 8.74. The molecule has 0 heterocycles. The van der Waals surface area contributed by atoms with Crippen LogP contribution in [0.3, 0.4) is 0 Å². The summed E-state index contributed by atoms with van der Waals surface area (Å²) in [7, 11) is 0. The average Bonchev–Trinajstić information content (AvgIpc) is 2.73. The molecule has 0 bridgehead atoms. The molecule has 0 radical (unpaired) electrons. The Hall–Kier alpha value is -1.82. The van der Waals surface area contributed by atoms with Crippen molar-refractivity contribution in [3.05, 3.63) is 76.4 Å². The first-order valence-electron chi connectivity index (χ1n) is 7.13. The third kappa shape index (κ3) is 2.78. The van der Waals surface area contributed by atoms with Crippen molar-refractivity contribution in [2.75, 3.05) is 0 Å². The van der Waals surface area contributed by atoms with E-state index in [2.05, 4.69) is 61.6 Å². The molecule has 0 heteroatoms. The van der Waals surface area contributed by atoms with Gasteiger partial charge in [0.2, 0.25) is 0 Å². The molecule has 0 atom stereocenters. The van der Waals surface area contributed by atoms with Crippen molar-refractivity contribution in [3.8, 4) is 0 Å². The Morgan fingerprint density at radius 2 is 2.00 bits per heavy atom. The number of fused-ring (bicyclic) bond motifs is 1. The number of allylic oxidation sites excluding steroid dienone is 7. The second-order valence-corrected chi connectivity index (χ2v) is 5.42. The maximum absolute atomic E-state index is 2.38. The van der Waals surface area contributed by atoms with Crippen LogP contribution < -0.4 is 0 Å². The summed E-state index contributed by atoms with van der Waals surface area (Å²) in [6.45, 7) is 2.22. The van der Waals surface area contributed by atoms with E-state index in [1.165, 1.54) is 35.1 Å². The number of benzene rings is 1. The zero-order valence-corrected chi connectivity index (χ0v) is 11.5. The quantitative estimate of drug-likeness (QED) is 0.686. The third-order valence-electron chi connectivity index (χ3n) is 4.04. The summed E-state index contributed by atoms with van der Waals surface area (Å²) in [5.41, 5.74) is 7.42. The van der Waals surface area contributed by atoms with Gasteiger partial charge in [-0.15, -0.1) is 0 Å².